The summed E-state index contributed by atoms with van der Waals surface area (Å²) >= 11 is 0. The highest BCUT2D eigenvalue weighted by Crippen LogP contribution is 2.57. The molecule has 5 aliphatic carbocycles. The van der Waals surface area contributed by atoms with Gasteiger partial charge in [-0.1, -0.05) is 26.7 Å². The van der Waals surface area contributed by atoms with Crippen molar-refractivity contribution in [1.29, 1.82) is 0 Å². The van der Waals surface area contributed by atoms with E-state index in [1.807, 2.05) is 19.9 Å². The highest BCUT2D eigenvalue weighted by Gasteiger charge is 2.57. The molecule has 40 heavy (non-hydrogen) atoms. The molecule has 0 saturated heterocycles. The molecule has 5 aliphatic rings. The van der Waals surface area contributed by atoms with Crippen molar-refractivity contribution in [1.82, 2.24) is 20.4 Å². The Morgan fingerprint density at radius 2 is 1.85 bits per heavy atom. The van der Waals surface area contributed by atoms with Crippen molar-refractivity contribution in [2.75, 3.05) is 6.61 Å². The van der Waals surface area contributed by atoms with Crippen LogP contribution in [0.3, 0.4) is 0 Å². The van der Waals surface area contributed by atoms with E-state index in [0.717, 1.165) is 57.8 Å². The van der Waals surface area contributed by atoms with E-state index in [1.54, 1.807) is 17.1 Å². The average Bonchev–Trinajstić information content (AvgIpc) is 3.52. The largest absolute Gasteiger partial charge is 0.477 e. The van der Waals surface area contributed by atoms with E-state index in [4.69, 9.17) is 15.2 Å². The van der Waals surface area contributed by atoms with Crippen LogP contribution in [0.5, 0.6) is 5.88 Å². The summed E-state index contributed by atoms with van der Waals surface area (Å²) in [7, 11) is 0. The quantitative estimate of drug-likeness (QED) is 0.395. The average molecular weight is 556 g/mol. The van der Waals surface area contributed by atoms with Gasteiger partial charge >= 0.3 is 6.09 Å². The van der Waals surface area contributed by atoms with Crippen LogP contribution in [0.1, 0.15) is 95.8 Å². The van der Waals surface area contributed by atoms with Gasteiger partial charge in [0.2, 0.25) is 11.8 Å². The second-order valence-corrected chi connectivity index (χ2v) is 13.6. The maximum Gasteiger partial charge on any atom is 0.405 e. The molecule has 6 rings (SSSR count). The van der Waals surface area contributed by atoms with Gasteiger partial charge in [0.15, 0.2) is 0 Å². The molecule has 10 heteroatoms. The molecule has 1 heterocycles. The summed E-state index contributed by atoms with van der Waals surface area (Å²) in [6.07, 6.45) is 12.9. The van der Waals surface area contributed by atoms with Gasteiger partial charge in [0.05, 0.1) is 18.3 Å². The normalized spacial score (nSPS) is 29.7. The van der Waals surface area contributed by atoms with Crippen LogP contribution in [0.15, 0.2) is 12.3 Å². The number of nitrogens with zero attached hydrogens (tertiary/aromatic N) is 2. The Kier molecular flexibility index (Phi) is 7.90. The first-order valence-corrected chi connectivity index (χ1v) is 14.9. The Morgan fingerprint density at radius 1 is 1.18 bits per heavy atom. The predicted octanol–water partition coefficient (Wildman–Crippen LogP) is 4.25. The maximum atomic E-state index is 13.6. The SMILES string of the molecule is CC(C)COc1c(C(=O)N[C@H]2C3CC4CC2C[C@](OC(N)=O)(C4)C3)cnn1/C=C/C(C)(C)NC(=O)C1CCCC1. The first-order valence-electron chi connectivity index (χ1n) is 14.9. The zero-order valence-electron chi connectivity index (χ0n) is 24.3. The molecule has 5 fully saturated rings. The van der Waals surface area contributed by atoms with E-state index in [-0.39, 0.29) is 41.5 Å². The van der Waals surface area contributed by atoms with E-state index < -0.39 is 17.2 Å². The van der Waals surface area contributed by atoms with Crippen molar-refractivity contribution in [3.63, 3.8) is 0 Å². The fourth-order valence-electron chi connectivity index (χ4n) is 7.66. The molecule has 0 aromatic carbocycles. The predicted molar refractivity (Wildman–Crippen MR) is 150 cm³/mol. The topological polar surface area (TPSA) is 138 Å². The third kappa shape index (κ3) is 6.15. The van der Waals surface area contributed by atoms with E-state index in [0.29, 0.717) is 24.0 Å². The molecule has 4 bridgehead atoms. The number of hydrogen-bond acceptors (Lipinski definition) is 6. The molecular formula is C30H45N5O5. The van der Waals surface area contributed by atoms with Gasteiger partial charge in [-0.3, -0.25) is 9.59 Å². The molecule has 5 saturated carbocycles. The molecule has 0 aliphatic heterocycles. The molecule has 220 valence electrons. The minimum Gasteiger partial charge on any atom is -0.477 e. The lowest BCUT2D eigenvalue weighted by Crippen LogP contribution is -2.63. The lowest BCUT2D eigenvalue weighted by molar-refractivity contribution is -0.137. The van der Waals surface area contributed by atoms with Crippen molar-refractivity contribution in [2.45, 2.75) is 103 Å². The number of rotatable bonds is 10. The monoisotopic (exact) mass is 555 g/mol. The number of amides is 3. The number of nitrogens with one attached hydrogen (secondary N) is 2. The highest BCUT2D eigenvalue weighted by atomic mass is 16.6. The fourth-order valence-corrected chi connectivity index (χ4v) is 7.66. The molecule has 2 atom stereocenters. The van der Waals surface area contributed by atoms with E-state index in [1.165, 1.54) is 0 Å². The Balaban J connectivity index is 1.30. The first-order chi connectivity index (χ1) is 18.9. The van der Waals surface area contributed by atoms with Crippen LogP contribution in [0, 0.1) is 29.6 Å². The second kappa shape index (κ2) is 11.1. The van der Waals surface area contributed by atoms with Crippen LogP contribution >= 0.6 is 0 Å². The van der Waals surface area contributed by atoms with Crippen molar-refractivity contribution in [2.24, 2.45) is 35.3 Å². The summed E-state index contributed by atoms with van der Waals surface area (Å²) in [5.41, 5.74) is 4.71. The maximum absolute atomic E-state index is 13.6. The number of carbonyl (C=O) groups is 3. The van der Waals surface area contributed by atoms with Crippen molar-refractivity contribution >= 4 is 24.1 Å². The Morgan fingerprint density at radius 3 is 2.48 bits per heavy atom. The fraction of sp³-hybridized carbons (Fsp3) is 0.733. The molecule has 2 unspecified atom stereocenters. The van der Waals surface area contributed by atoms with Gasteiger partial charge in [0, 0.05) is 18.2 Å². The summed E-state index contributed by atoms with van der Waals surface area (Å²) in [5.74, 6) is 1.59. The molecular weight excluding hydrogens is 510 g/mol. The number of aromatic nitrogens is 2. The number of nitrogens with two attached hydrogens (primary N) is 1. The van der Waals surface area contributed by atoms with Gasteiger partial charge in [-0.05, 0) is 88.5 Å². The molecule has 0 spiro atoms. The Labute approximate surface area is 236 Å². The van der Waals surface area contributed by atoms with E-state index in [2.05, 4.69) is 29.6 Å². The molecule has 3 amide bonds. The van der Waals surface area contributed by atoms with Gasteiger partial charge < -0.3 is 25.8 Å². The van der Waals surface area contributed by atoms with Gasteiger partial charge in [0.25, 0.3) is 5.91 Å². The van der Waals surface area contributed by atoms with Gasteiger partial charge in [-0.15, -0.1) is 0 Å². The van der Waals surface area contributed by atoms with Gasteiger partial charge in [-0.2, -0.15) is 5.10 Å². The standard InChI is InChI=1S/C30H45N5O5/c1-18(2)17-39-27-23(16-32-35(27)10-9-29(3,4)34-25(36)20-7-5-6-8-20)26(37)33-24-21-11-19-12-22(24)15-30(13-19,14-21)40-28(31)38/h9-10,16,18-22,24H,5-8,11-15,17H2,1-4H3,(H2,31,38)(H,33,37)(H,34,36)/b10-9+/t19?,21?,22?,24-,30-. The smallest absolute Gasteiger partial charge is 0.405 e. The van der Waals surface area contributed by atoms with Crippen LogP contribution in [-0.4, -0.2) is 51.5 Å². The third-order valence-corrected chi connectivity index (χ3v) is 9.18. The summed E-state index contributed by atoms with van der Waals surface area (Å²) in [6.45, 7) is 8.43. The molecule has 0 radical (unpaired) electrons. The van der Waals surface area contributed by atoms with Gasteiger partial charge in [0.1, 0.15) is 11.2 Å². The minimum absolute atomic E-state index is 0.00947. The zero-order valence-corrected chi connectivity index (χ0v) is 24.3. The third-order valence-electron chi connectivity index (χ3n) is 9.18. The lowest BCUT2D eigenvalue weighted by Gasteiger charge is -2.58. The van der Waals surface area contributed by atoms with E-state index in [9.17, 15) is 14.4 Å². The Hall–Kier alpha value is -3.04. The minimum atomic E-state index is -0.712. The van der Waals surface area contributed by atoms with Gasteiger partial charge in [-0.25, -0.2) is 9.48 Å². The molecule has 4 N–H and O–H groups in total. The van der Waals surface area contributed by atoms with Crippen LogP contribution < -0.4 is 21.1 Å². The van der Waals surface area contributed by atoms with Crippen LogP contribution in [0.4, 0.5) is 4.79 Å². The van der Waals surface area contributed by atoms with Crippen LogP contribution in [0.25, 0.3) is 6.20 Å². The Bertz CT molecular complexity index is 1140. The lowest BCUT2D eigenvalue weighted by atomic mass is 9.52. The molecule has 1 aromatic rings. The summed E-state index contributed by atoms with van der Waals surface area (Å²) in [5, 5.41) is 10.9. The highest BCUT2D eigenvalue weighted by molar-refractivity contribution is 5.96. The van der Waals surface area contributed by atoms with Crippen molar-refractivity contribution in [3.05, 3.63) is 17.8 Å². The first kappa shape index (κ1) is 28.5. The van der Waals surface area contributed by atoms with Crippen molar-refractivity contribution in [3.8, 4) is 5.88 Å². The number of ether oxygens (including phenoxy) is 2. The number of primary amides is 1. The van der Waals surface area contributed by atoms with Crippen LogP contribution in [-0.2, 0) is 9.53 Å². The van der Waals surface area contributed by atoms with Crippen molar-refractivity contribution < 1.29 is 23.9 Å². The molecule has 1 aromatic heterocycles. The summed E-state index contributed by atoms with van der Waals surface area (Å²) in [4.78, 5) is 37.9. The van der Waals surface area contributed by atoms with E-state index >= 15 is 0 Å². The summed E-state index contributed by atoms with van der Waals surface area (Å²) in [6, 6.07) is 0.00947. The second-order valence-electron chi connectivity index (χ2n) is 13.6. The summed E-state index contributed by atoms with van der Waals surface area (Å²) < 4.78 is 13.3. The van der Waals surface area contributed by atoms with Crippen LogP contribution in [0.2, 0.25) is 0 Å². The number of hydrogen-bond donors (Lipinski definition) is 3. The molecule has 10 nitrogen and oxygen atoms in total. The number of carbonyl (C=O) groups excluding carboxylic acids is 3. The zero-order chi connectivity index (χ0) is 28.7.